The minimum atomic E-state index is -0.351. The summed E-state index contributed by atoms with van der Waals surface area (Å²) in [7, 11) is 0. The Labute approximate surface area is 155 Å². The molecule has 3 aromatic rings. The van der Waals surface area contributed by atoms with Gasteiger partial charge >= 0.3 is 5.63 Å². The molecular formula is C20H20N2O3S. The average molecular weight is 368 g/mol. The van der Waals surface area contributed by atoms with Crippen molar-refractivity contribution in [1.82, 2.24) is 10.3 Å². The second-order valence-electron chi connectivity index (χ2n) is 6.68. The Hall–Kier alpha value is -2.47. The van der Waals surface area contributed by atoms with Gasteiger partial charge in [0.2, 0.25) is 11.8 Å². The molecule has 5 nitrogen and oxygen atoms in total. The van der Waals surface area contributed by atoms with Crippen molar-refractivity contribution in [3.8, 4) is 0 Å². The molecule has 0 fully saturated rings. The maximum atomic E-state index is 12.6. The summed E-state index contributed by atoms with van der Waals surface area (Å²) in [6, 6.07) is 8.16. The summed E-state index contributed by atoms with van der Waals surface area (Å²) in [6.45, 7) is 2.28. The number of carbonyl (C=O) groups is 1. The molecule has 6 heteroatoms. The number of aryl methyl sites for hydroxylation is 2. The molecular weight excluding hydrogens is 348 g/mol. The Morgan fingerprint density at radius 3 is 3.12 bits per heavy atom. The Morgan fingerprint density at radius 1 is 1.38 bits per heavy atom. The van der Waals surface area contributed by atoms with Crippen molar-refractivity contribution in [3.05, 3.63) is 62.6 Å². The van der Waals surface area contributed by atoms with Crippen LogP contribution in [-0.4, -0.2) is 17.4 Å². The molecule has 134 valence electrons. The average Bonchev–Trinajstić information content (AvgIpc) is 3.02. The summed E-state index contributed by atoms with van der Waals surface area (Å²) < 4.78 is 5.30. The summed E-state index contributed by atoms with van der Waals surface area (Å²) in [4.78, 5) is 29.8. The van der Waals surface area contributed by atoms with Crippen molar-refractivity contribution < 1.29 is 9.21 Å². The first-order valence-corrected chi connectivity index (χ1v) is 9.75. The standard InChI is InChI=1S/C20H20N2O3S/c1-12-11-26-19-17(12)20(24)25-16(22-19)9-10-21-18(23)15-8-4-6-13-5-2-3-7-14(13)15/h2-3,5,7,11,15H,4,6,8-10H2,1H3,(H,21,23)/t15-/m0/s1. The van der Waals surface area contributed by atoms with Crippen LogP contribution in [0.15, 0.2) is 38.9 Å². The maximum Gasteiger partial charge on any atom is 0.347 e. The van der Waals surface area contributed by atoms with Crippen molar-refractivity contribution in [3.63, 3.8) is 0 Å². The SMILES string of the molecule is Cc1csc2nc(CCNC(=O)[C@H]3CCCc4ccccc43)oc(=O)c12. The highest BCUT2D eigenvalue weighted by Crippen LogP contribution is 2.31. The zero-order valence-corrected chi connectivity index (χ0v) is 15.4. The van der Waals surface area contributed by atoms with Crippen LogP contribution in [0.5, 0.6) is 0 Å². The lowest BCUT2D eigenvalue weighted by molar-refractivity contribution is -0.122. The number of thiophene rings is 1. The van der Waals surface area contributed by atoms with Gasteiger partial charge in [-0.3, -0.25) is 4.79 Å². The third-order valence-electron chi connectivity index (χ3n) is 4.92. The first kappa shape index (κ1) is 17.0. The lowest BCUT2D eigenvalue weighted by Gasteiger charge is -2.24. The van der Waals surface area contributed by atoms with Crippen molar-refractivity contribution in [1.29, 1.82) is 0 Å². The molecule has 0 spiro atoms. The van der Waals surface area contributed by atoms with Crippen molar-refractivity contribution in [2.24, 2.45) is 0 Å². The van der Waals surface area contributed by atoms with E-state index in [1.807, 2.05) is 30.5 Å². The third kappa shape index (κ3) is 3.17. The Balaban J connectivity index is 1.42. The van der Waals surface area contributed by atoms with Crippen LogP contribution in [0.25, 0.3) is 10.2 Å². The van der Waals surface area contributed by atoms with Gasteiger partial charge in [0.25, 0.3) is 0 Å². The van der Waals surface area contributed by atoms with E-state index in [1.54, 1.807) is 0 Å². The van der Waals surface area contributed by atoms with Gasteiger partial charge in [-0.05, 0) is 48.3 Å². The highest BCUT2D eigenvalue weighted by atomic mass is 32.1. The first-order valence-electron chi connectivity index (χ1n) is 8.87. The number of hydrogen-bond acceptors (Lipinski definition) is 5. The van der Waals surface area contributed by atoms with Crippen LogP contribution in [0.1, 0.15) is 41.3 Å². The molecule has 26 heavy (non-hydrogen) atoms. The van der Waals surface area contributed by atoms with Crippen molar-refractivity contribution in [2.75, 3.05) is 6.54 Å². The van der Waals surface area contributed by atoms with E-state index in [2.05, 4.69) is 16.4 Å². The van der Waals surface area contributed by atoms with Gasteiger partial charge in [0, 0.05) is 13.0 Å². The molecule has 2 heterocycles. The third-order valence-corrected chi connectivity index (χ3v) is 5.91. The second kappa shape index (κ2) is 7.03. The summed E-state index contributed by atoms with van der Waals surface area (Å²) in [6.07, 6.45) is 3.34. The smallest absolute Gasteiger partial charge is 0.347 e. The van der Waals surface area contributed by atoms with Crippen LogP contribution in [0, 0.1) is 6.92 Å². The lowest BCUT2D eigenvalue weighted by Crippen LogP contribution is -2.33. The van der Waals surface area contributed by atoms with Crippen LogP contribution in [-0.2, 0) is 17.6 Å². The number of aromatic nitrogens is 1. The van der Waals surface area contributed by atoms with Gasteiger partial charge in [-0.1, -0.05) is 24.3 Å². The molecule has 0 unspecified atom stereocenters. The monoisotopic (exact) mass is 368 g/mol. The van der Waals surface area contributed by atoms with E-state index in [0.717, 1.165) is 30.4 Å². The fraction of sp³-hybridized carbons (Fsp3) is 0.350. The molecule has 0 aliphatic heterocycles. The van der Waals surface area contributed by atoms with Crippen LogP contribution >= 0.6 is 11.3 Å². The van der Waals surface area contributed by atoms with Gasteiger partial charge in [0.15, 0.2) is 0 Å². The van der Waals surface area contributed by atoms with Crippen LogP contribution < -0.4 is 10.9 Å². The maximum absolute atomic E-state index is 12.6. The van der Waals surface area contributed by atoms with Crippen LogP contribution in [0.2, 0.25) is 0 Å². The predicted molar refractivity (Wildman–Crippen MR) is 102 cm³/mol. The van der Waals surface area contributed by atoms with E-state index < -0.39 is 0 Å². The largest absolute Gasteiger partial charge is 0.408 e. The van der Waals surface area contributed by atoms with Crippen LogP contribution in [0.3, 0.4) is 0 Å². The topological polar surface area (TPSA) is 72.2 Å². The van der Waals surface area contributed by atoms with E-state index >= 15 is 0 Å². The molecule has 4 rings (SSSR count). The quantitative estimate of drug-likeness (QED) is 0.767. The summed E-state index contributed by atoms with van der Waals surface area (Å²) in [5.41, 5.74) is 2.94. The minimum Gasteiger partial charge on any atom is -0.408 e. The Bertz CT molecular complexity index is 1020. The fourth-order valence-corrected chi connectivity index (χ4v) is 4.53. The minimum absolute atomic E-state index is 0.0348. The second-order valence-corrected chi connectivity index (χ2v) is 7.54. The van der Waals surface area contributed by atoms with Gasteiger partial charge in [-0.2, -0.15) is 0 Å². The number of carbonyl (C=O) groups excluding carboxylic acids is 1. The molecule has 1 N–H and O–H groups in total. The predicted octanol–water partition coefficient (Wildman–Crippen LogP) is 3.34. The van der Waals surface area contributed by atoms with Gasteiger partial charge in [0.1, 0.15) is 4.83 Å². The molecule has 1 aliphatic carbocycles. The molecule has 2 aromatic heterocycles. The highest BCUT2D eigenvalue weighted by Gasteiger charge is 2.25. The molecule has 1 aliphatic rings. The van der Waals surface area contributed by atoms with Gasteiger partial charge in [-0.15, -0.1) is 11.3 Å². The van der Waals surface area contributed by atoms with Crippen molar-refractivity contribution >= 4 is 27.5 Å². The van der Waals surface area contributed by atoms with Gasteiger partial charge < -0.3 is 9.73 Å². The Kier molecular flexibility index (Phi) is 4.59. The first-order chi connectivity index (χ1) is 12.6. The number of nitrogens with one attached hydrogen (secondary N) is 1. The van der Waals surface area contributed by atoms with Gasteiger partial charge in [-0.25, -0.2) is 9.78 Å². The normalized spacial score (nSPS) is 16.4. The van der Waals surface area contributed by atoms with E-state index in [0.29, 0.717) is 29.1 Å². The number of amides is 1. The zero-order valence-electron chi connectivity index (χ0n) is 14.6. The number of hydrogen-bond donors (Lipinski definition) is 1. The Morgan fingerprint density at radius 2 is 2.23 bits per heavy atom. The summed E-state index contributed by atoms with van der Waals surface area (Å²) in [5.74, 6) is 0.309. The zero-order chi connectivity index (χ0) is 18.1. The van der Waals surface area contributed by atoms with Gasteiger partial charge in [0.05, 0.1) is 11.3 Å². The summed E-state index contributed by atoms with van der Waals surface area (Å²) >= 11 is 1.44. The van der Waals surface area contributed by atoms with E-state index in [9.17, 15) is 9.59 Å². The number of rotatable bonds is 4. The van der Waals surface area contributed by atoms with E-state index in [-0.39, 0.29) is 17.5 Å². The molecule has 0 radical (unpaired) electrons. The lowest BCUT2D eigenvalue weighted by atomic mass is 9.82. The number of fused-ring (bicyclic) bond motifs is 2. The molecule has 0 bridgehead atoms. The van der Waals surface area contributed by atoms with Crippen molar-refractivity contribution in [2.45, 2.75) is 38.5 Å². The molecule has 0 saturated carbocycles. The number of nitrogens with zero attached hydrogens (tertiary/aromatic N) is 1. The molecule has 1 atom stereocenters. The molecule has 1 amide bonds. The molecule has 1 aromatic carbocycles. The summed E-state index contributed by atoms with van der Waals surface area (Å²) in [5, 5.41) is 5.44. The van der Waals surface area contributed by atoms with E-state index in [1.165, 1.54) is 16.9 Å². The van der Waals surface area contributed by atoms with Crippen LogP contribution in [0.4, 0.5) is 0 Å². The number of benzene rings is 1. The fourth-order valence-electron chi connectivity index (χ4n) is 3.60. The highest BCUT2D eigenvalue weighted by molar-refractivity contribution is 7.16. The van der Waals surface area contributed by atoms with E-state index in [4.69, 9.17) is 4.42 Å². The molecule has 0 saturated heterocycles.